The number of urea groups is 1. The molecule has 24 heavy (non-hydrogen) atoms. The average Bonchev–Trinajstić information content (AvgIpc) is 2.89. The molecular weight excluding hydrogens is 306 g/mol. The Balaban J connectivity index is 1.41. The zero-order valence-corrected chi connectivity index (χ0v) is 14.1. The number of hydrogen-bond acceptors (Lipinski definition) is 4. The molecule has 1 aromatic carbocycles. The Bertz CT molecular complexity index is 544. The van der Waals surface area contributed by atoms with E-state index in [2.05, 4.69) is 34.5 Å². The van der Waals surface area contributed by atoms with Crippen LogP contribution >= 0.6 is 0 Å². The Morgan fingerprint density at radius 2 is 2.04 bits per heavy atom. The summed E-state index contributed by atoms with van der Waals surface area (Å²) >= 11 is 0. The van der Waals surface area contributed by atoms with Crippen molar-refractivity contribution in [2.75, 3.05) is 45.9 Å². The summed E-state index contributed by atoms with van der Waals surface area (Å²) in [5.74, 6) is 0. The number of benzene rings is 1. The van der Waals surface area contributed by atoms with Gasteiger partial charge in [0.15, 0.2) is 0 Å². The summed E-state index contributed by atoms with van der Waals surface area (Å²) in [6, 6.07) is 8.35. The highest BCUT2D eigenvalue weighted by molar-refractivity contribution is 5.74. The van der Waals surface area contributed by atoms with Crippen LogP contribution in [0.2, 0.25) is 0 Å². The molecule has 132 valence electrons. The molecule has 1 saturated heterocycles. The molecule has 0 aromatic heterocycles. The maximum Gasteiger partial charge on any atom is 0.317 e. The van der Waals surface area contributed by atoms with Gasteiger partial charge in [0.1, 0.15) is 0 Å². The number of carbonyl (C=O) groups is 1. The fourth-order valence-electron chi connectivity index (χ4n) is 3.34. The standard InChI is InChI=1S/C18H27N3O3/c22-17(12-19-18(23)21-7-3-10-24-11-9-21)14-20-8-6-15-4-1-2-5-16(15)13-20/h1-2,4-5,17,22H,3,6-14H2,(H,19,23)/t17-/m0/s1. The van der Waals surface area contributed by atoms with Crippen LogP contribution < -0.4 is 5.32 Å². The molecule has 6 heteroatoms. The van der Waals surface area contributed by atoms with Crippen LogP contribution in [0.5, 0.6) is 0 Å². The molecule has 0 unspecified atom stereocenters. The van der Waals surface area contributed by atoms with E-state index in [1.54, 1.807) is 4.90 Å². The first-order valence-corrected chi connectivity index (χ1v) is 8.80. The van der Waals surface area contributed by atoms with Crippen molar-refractivity contribution in [1.29, 1.82) is 0 Å². The second-order valence-electron chi connectivity index (χ2n) is 6.55. The van der Waals surface area contributed by atoms with Crippen LogP contribution in [0.25, 0.3) is 0 Å². The second kappa shape index (κ2) is 8.46. The normalized spacial score (nSPS) is 20.1. The molecule has 6 nitrogen and oxygen atoms in total. The smallest absolute Gasteiger partial charge is 0.317 e. The van der Waals surface area contributed by atoms with Crippen molar-refractivity contribution in [1.82, 2.24) is 15.1 Å². The van der Waals surface area contributed by atoms with Crippen LogP contribution in [0.15, 0.2) is 24.3 Å². The quantitative estimate of drug-likeness (QED) is 0.857. The number of aliphatic hydroxyl groups is 1. The average molecular weight is 333 g/mol. The lowest BCUT2D eigenvalue weighted by Gasteiger charge is -2.30. The van der Waals surface area contributed by atoms with Crippen LogP contribution in [0.1, 0.15) is 17.5 Å². The molecule has 1 atom stereocenters. The summed E-state index contributed by atoms with van der Waals surface area (Å²) in [6.07, 6.45) is 1.33. The SMILES string of the molecule is O=C(NC[C@H](O)CN1CCc2ccccc2C1)N1CCCOCC1. The van der Waals surface area contributed by atoms with Gasteiger partial charge in [0.25, 0.3) is 0 Å². The maximum absolute atomic E-state index is 12.1. The topological polar surface area (TPSA) is 65.0 Å². The van der Waals surface area contributed by atoms with Crippen molar-refractivity contribution >= 4 is 6.03 Å². The van der Waals surface area contributed by atoms with E-state index in [-0.39, 0.29) is 12.6 Å². The van der Waals surface area contributed by atoms with Crippen LogP contribution in [0, 0.1) is 0 Å². The summed E-state index contributed by atoms with van der Waals surface area (Å²) in [4.78, 5) is 16.2. The highest BCUT2D eigenvalue weighted by Crippen LogP contribution is 2.18. The molecule has 2 heterocycles. The third kappa shape index (κ3) is 4.69. The third-order valence-electron chi connectivity index (χ3n) is 4.68. The molecular formula is C18H27N3O3. The van der Waals surface area contributed by atoms with Gasteiger partial charge in [-0.05, 0) is 24.0 Å². The largest absolute Gasteiger partial charge is 0.390 e. The maximum atomic E-state index is 12.1. The van der Waals surface area contributed by atoms with Gasteiger partial charge in [-0.15, -0.1) is 0 Å². The van der Waals surface area contributed by atoms with Crippen LogP contribution in [0.4, 0.5) is 4.79 Å². The molecule has 2 N–H and O–H groups in total. The summed E-state index contributed by atoms with van der Waals surface area (Å²) < 4.78 is 5.35. The van der Waals surface area contributed by atoms with Gasteiger partial charge < -0.3 is 20.1 Å². The van der Waals surface area contributed by atoms with E-state index in [1.807, 2.05) is 0 Å². The molecule has 2 aliphatic rings. The number of rotatable bonds is 4. The first-order valence-electron chi connectivity index (χ1n) is 8.80. The Hall–Kier alpha value is -1.63. The molecule has 1 fully saturated rings. The van der Waals surface area contributed by atoms with E-state index in [0.717, 1.165) is 25.9 Å². The molecule has 2 amide bonds. The third-order valence-corrected chi connectivity index (χ3v) is 4.68. The molecule has 3 rings (SSSR count). The number of fused-ring (bicyclic) bond motifs is 1. The Morgan fingerprint density at radius 1 is 1.21 bits per heavy atom. The zero-order chi connectivity index (χ0) is 16.8. The van der Waals surface area contributed by atoms with E-state index < -0.39 is 6.10 Å². The van der Waals surface area contributed by atoms with Crippen molar-refractivity contribution in [3.05, 3.63) is 35.4 Å². The van der Waals surface area contributed by atoms with Gasteiger partial charge in [0, 0.05) is 45.9 Å². The molecule has 1 aromatic rings. The second-order valence-corrected chi connectivity index (χ2v) is 6.55. The summed E-state index contributed by atoms with van der Waals surface area (Å²) in [5.41, 5.74) is 2.74. The lowest BCUT2D eigenvalue weighted by molar-refractivity contribution is 0.103. The van der Waals surface area contributed by atoms with E-state index >= 15 is 0 Å². The van der Waals surface area contributed by atoms with Crippen LogP contribution in [-0.4, -0.2) is 73.0 Å². The van der Waals surface area contributed by atoms with Gasteiger partial charge in [-0.25, -0.2) is 4.79 Å². The van der Waals surface area contributed by atoms with Crippen molar-refractivity contribution in [2.24, 2.45) is 0 Å². The van der Waals surface area contributed by atoms with Gasteiger partial charge >= 0.3 is 6.03 Å². The van der Waals surface area contributed by atoms with Crippen LogP contribution in [0.3, 0.4) is 0 Å². The number of carbonyl (C=O) groups excluding carboxylic acids is 1. The summed E-state index contributed by atoms with van der Waals surface area (Å²) in [5, 5.41) is 13.1. The molecule has 2 aliphatic heterocycles. The van der Waals surface area contributed by atoms with Crippen molar-refractivity contribution < 1.29 is 14.6 Å². The molecule has 0 aliphatic carbocycles. The number of aliphatic hydroxyl groups excluding tert-OH is 1. The van der Waals surface area contributed by atoms with Gasteiger partial charge in [-0.1, -0.05) is 24.3 Å². The van der Waals surface area contributed by atoms with Gasteiger partial charge in [0.05, 0.1) is 12.7 Å². The van der Waals surface area contributed by atoms with E-state index in [1.165, 1.54) is 11.1 Å². The number of amides is 2. The highest BCUT2D eigenvalue weighted by atomic mass is 16.5. The minimum Gasteiger partial charge on any atom is -0.390 e. The number of hydrogen-bond donors (Lipinski definition) is 2. The Morgan fingerprint density at radius 3 is 2.92 bits per heavy atom. The number of β-amino-alcohol motifs (C(OH)–C–C–N with tert-alkyl or cyclic N) is 1. The van der Waals surface area contributed by atoms with Gasteiger partial charge in [0.2, 0.25) is 0 Å². The van der Waals surface area contributed by atoms with Crippen LogP contribution in [-0.2, 0) is 17.7 Å². The number of ether oxygens (including phenoxy) is 1. The Labute approximate surface area is 143 Å². The lowest BCUT2D eigenvalue weighted by Crippen LogP contribution is -2.46. The van der Waals surface area contributed by atoms with Crippen molar-refractivity contribution in [3.8, 4) is 0 Å². The van der Waals surface area contributed by atoms with Crippen molar-refractivity contribution in [2.45, 2.75) is 25.5 Å². The number of nitrogens with zero attached hydrogens (tertiary/aromatic N) is 2. The fraction of sp³-hybridized carbons (Fsp3) is 0.611. The molecule has 0 bridgehead atoms. The van der Waals surface area contributed by atoms with Crippen molar-refractivity contribution in [3.63, 3.8) is 0 Å². The monoisotopic (exact) mass is 333 g/mol. The first kappa shape index (κ1) is 17.2. The fourth-order valence-corrected chi connectivity index (χ4v) is 3.34. The Kier molecular flexibility index (Phi) is 6.07. The molecule has 0 saturated carbocycles. The van der Waals surface area contributed by atoms with Gasteiger partial charge in [-0.3, -0.25) is 4.90 Å². The molecule has 0 spiro atoms. The molecule has 0 radical (unpaired) electrons. The summed E-state index contributed by atoms with van der Waals surface area (Å²) in [7, 11) is 0. The summed E-state index contributed by atoms with van der Waals surface area (Å²) in [6.45, 7) is 5.31. The minimum absolute atomic E-state index is 0.108. The minimum atomic E-state index is -0.553. The predicted molar refractivity (Wildman–Crippen MR) is 91.8 cm³/mol. The van der Waals surface area contributed by atoms with E-state index in [4.69, 9.17) is 4.74 Å². The highest BCUT2D eigenvalue weighted by Gasteiger charge is 2.20. The van der Waals surface area contributed by atoms with E-state index in [0.29, 0.717) is 32.8 Å². The number of nitrogens with one attached hydrogen (secondary N) is 1. The predicted octanol–water partition coefficient (Wildman–Crippen LogP) is 0.837. The first-order chi connectivity index (χ1) is 11.7. The van der Waals surface area contributed by atoms with E-state index in [9.17, 15) is 9.90 Å². The zero-order valence-electron chi connectivity index (χ0n) is 14.1. The van der Waals surface area contributed by atoms with Gasteiger partial charge in [-0.2, -0.15) is 0 Å². The lowest BCUT2D eigenvalue weighted by atomic mass is 10.00.